The third-order valence-corrected chi connectivity index (χ3v) is 2.92. The maximum absolute atomic E-state index is 6.19. The van der Waals surface area contributed by atoms with E-state index >= 15 is 0 Å². The van der Waals surface area contributed by atoms with Crippen molar-refractivity contribution in [2.45, 2.75) is 19.4 Å². The van der Waals surface area contributed by atoms with Crippen molar-refractivity contribution in [1.82, 2.24) is 4.98 Å². The van der Waals surface area contributed by atoms with Crippen LogP contribution < -0.4 is 5.73 Å². The quantitative estimate of drug-likeness (QED) is 0.903. The molecule has 0 fully saturated rings. The van der Waals surface area contributed by atoms with Crippen molar-refractivity contribution in [2.75, 3.05) is 0 Å². The lowest BCUT2D eigenvalue weighted by Gasteiger charge is -2.13. The molecule has 0 aliphatic carbocycles. The van der Waals surface area contributed by atoms with Crippen molar-refractivity contribution in [3.8, 4) is 0 Å². The van der Waals surface area contributed by atoms with Gasteiger partial charge in [-0.15, -0.1) is 0 Å². The van der Waals surface area contributed by atoms with Gasteiger partial charge in [-0.2, -0.15) is 0 Å². The number of hydrogen-bond acceptors (Lipinski definition) is 2. The summed E-state index contributed by atoms with van der Waals surface area (Å²) in [6.45, 7) is 2.02. The number of nitrogens with zero attached hydrogens (tertiary/aromatic N) is 1. The molecule has 0 aliphatic heterocycles. The number of rotatable bonds is 3. The van der Waals surface area contributed by atoms with E-state index < -0.39 is 0 Å². The fourth-order valence-electron chi connectivity index (χ4n) is 1.87. The Labute approximate surface area is 106 Å². The number of halogens is 1. The first kappa shape index (κ1) is 12.1. The van der Waals surface area contributed by atoms with Crippen molar-refractivity contribution in [3.63, 3.8) is 0 Å². The molecule has 2 N–H and O–H groups in total. The molecule has 0 bridgehead atoms. The Kier molecular flexibility index (Phi) is 3.77. The standard InChI is InChI=1S/C14H15ClN2/c1-10-6-12(9-13(15)7-10)14(16)8-11-2-4-17-5-3-11/h2-7,9,14H,8,16H2,1H3. The normalized spacial score (nSPS) is 12.4. The van der Waals surface area contributed by atoms with Gasteiger partial charge < -0.3 is 5.73 Å². The van der Waals surface area contributed by atoms with Crippen molar-refractivity contribution < 1.29 is 0 Å². The number of aromatic nitrogens is 1. The third-order valence-electron chi connectivity index (χ3n) is 2.70. The molecule has 2 rings (SSSR count). The van der Waals surface area contributed by atoms with Gasteiger partial charge in [-0.05, 0) is 54.3 Å². The van der Waals surface area contributed by atoms with E-state index in [2.05, 4.69) is 11.1 Å². The summed E-state index contributed by atoms with van der Waals surface area (Å²) in [6.07, 6.45) is 4.36. The first-order valence-electron chi connectivity index (χ1n) is 5.57. The predicted molar refractivity (Wildman–Crippen MR) is 71.1 cm³/mol. The Balaban J connectivity index is 2.17. The summed E-state index contributed by atoms with van der Waals surface area (Å²) in [6, 6.07) is 9.88. The van der Waals surface area contributed by atoms with Gasteiger partial charge in [-0.3, -0.25) is 4.98 Å². The molecule has 1 aromatic heterocycles. The van der Waals surface area contributed by atoms with Gasteiger partial charge in [0, 0.05) is 23.5 Å². The fourth-order valence-corrected chi connectivity index (χ4v) is 2.17. The Hall–Kier alpha value is -1.38. The van der Waals surface area contributed by atoms with Gasteiger partial charge in [0.25, 0.3) is 0 Å². The van der Waals surface area contributed by atoms with Crippen LogP contribution in [0, 0.1) is 6.92 Å². The molecule has 0 saturated heterocycles. The van der Waals surface area contributed by atoms with Gasteiger partial charge in [0.15, 0.2) is 0 Å². The van der Waals surface area contributed by atoms with Crippen LogP contribution in [-0.2, 0) is 6.42 Å². The molecule has 0 aliphatic rings. The van der Waals surface area contributed by atoms with Crippen molar-refractivity contribution >= 4 is 11.6 Å². The highest BCUT2D eigenvalue weighted by molar-refractivity contribution is 6.30. The second-order valence-electron chi connectivity index (χ2n) is 4.23. The summed E-state index contributed by atoms with van der Waals surface area (Å²) in [4.78, 5) is 3.99. The zero-order chi connectivity index (χ0) is 12.3. The molecule has 1 aromatic carbocycles. The molecule has 88 valence electrons. The molecule has 1 heterocycles. The van der Waals surface area contributed by atoms with Gasteiger partial charge in [0.2, 0.25) is 0 Å². The lowest BCUT2D eigenvalue weighted by molar-refractivity contribution is 0.720. The first-order chi connectivity index (χ1) is 8.15. The average Bonchev–Trinajstić information content (AvgIpc) is 2.29. The molecule has 1 unspecified atom stereocenters. The Morgan fingerprint density at radius 3 is 2.59 bits per heavy atom. The lowest BCUT2D eigenvalue weighted by Crippen LogP contribution is -2.13. The highest BCUT2D eigenvalue weighted by Gasteiger charge is 2.08. The van der Waals surface area contributed by atoms with E-state index in [4.69, 9.17) is 17.3 Å². The highest BCUT2D eigenvalue weighted by Crippen LogP contribution is 2.21. The van der Waals surface area contributed by atoms with Crippen LogP contribution in [0.2, 0.25) is 5.02 Å². The van der Waals surface area contributed by atoms with E-state index in [-0.39, 0.29) is 6.04 Å². The maximum Gasteiger partial charge on any atom is 0.0411 e. The van der Waals surface area contributed by atoms with Crippen LogP contribution >= 0.6 is 11.6 Å². The van der Waals surface area contributed by atoms with Gasteiger partial charge in [-0.1, -0.05) is 17.7 Å². The van der Waals surface area contributed by atoms with Crippen molar-refractivity contribution in [3.05, 3.63) is 64.4 Å². The summed E-state index contributed by atoms with van der Waals surface area (Å²) in [7, 11) is 0. The van der Waals surface area contributed by atoms with Crippen LogP contribution in [0.3, 0.4) is 0 Å². The molecule has 2 nitrogen and oxygen atoms in total. The van der Waals surface area contributed by atoms with Crippen molar-refractivity contribution in [1.29, 1.82) is 0 Å². The lowest BCUT2D eigenvalue weighted by atomic mass is 9.99. The first-order valence-corrected chi connectivity index (χ1v) is 5.94. The highest BCUT2D eigenvalue weighted by atomic mass is 35.5. The van der Waals surface area contributed by atoms with E-state index in [1.165, 1.54) is 5.56 Å². The summed E-state index contributed by atoms with van der Waals surface area (Å²) >= 11 is 6.03. The number of pyridine rings is 1. The minimum Gasteiger partial charge on any atom is -0.324 e. The number of aryl methyl sites for hydroxylation is 1. The van der Waals surface area contributed by atoms with Gasteiger partial charge in [-0.25, -0.2) is 0 Å². The molecule has 1 atom stereocenters. The van der Waals surface area contributed by atoms with E-state index in [1.54, 1.807) is 12.4 Å². The van der Waals surface area contributed by atoms with Crippen LogP contribution in [-0.4, -0.2) is 4.98 Å². The SMILES string of the molecule is Cc1cc(Cl)cc(C(N)Cc2ccncc2)c1. The molecule has 0 amide bonds. The zero-order valence-electron chi connectivity index (χ0n) is 9.73. The number of hydrogen-bond donors (Lipinski definition) is 1. The fraction of sp³-hybridized carbons (Fsp3) is 0.214. The molecule has 2 aromatic rings. The third kappa shape index (κ3) is 3.29. The Morgan fingerprint density at radius 1 is 1.24 bits per heavy atom. The Bertz CT molecular complexity index is 477. The molecular weight excluding hydrogens is 232 g/mol. The summed E-state index contributed by atoms with van der Waals surface area (Å²) in [5, 5.41) is 0.741. The average molecular weight is 247 g/mol. The molecule has 17 heavy (non-hydrogen) atoms. The topological polar surface area (TPSA) is 38.9 Å². The maximum atomic E-state index is 6.19. The van der Waals surface area contributed by atoms with E-state index in [0.717, 1.165) is 22.6 Å². The largest absolute Gasteiger partial charge is 0.324 e. The van der Waals surface area contributed by atoms with Crippen LogP contribution in [0.5, 0.6) is 0 Å². The Morgan fingerprint density at radius 2 is 1.94 bits per heavy atom. The molecule has 0 saturated carbocycles. The number of benzene rings is 1. The predicted octanol–water partition coefficient (Wildman–Crippen LogP) is 3.29. The van der Waals surface area contributed by atoms with E-state index in [9.17, 15) is 0 Å². The summed E-state index contributed by atoms with van der Waals surface area (Å²) < 4.78 is 0. The van der Waals surface area contributed by atoms with E-state index in [0.29, 0.717) is 0 Å². The van der Waals surface area contributed by atoms with Crippen LogP contribution in [0.25, 0.3) is 0 Å². The van der Waals surface area contributed by atoms with Gasteiger partial charge in [0.1, 0.15) is 0 Å². The summed E-state index contributed by atoms with van der Waals surface area (Å²) in [5.41, 5.74) is 9.58. The number of nitrogens with two attached hydrogens (primary N) is 1. The van der Waals surface area contributed by atoms with Crippen molar-refractivity contribution in [2.24, 2.45) is 5.73 Å². The smallest absolute Gasteiger partial charge is 0.0411 e. The van der Waals surface area contributed by atoms with Gasteiger partial charge >= 0.3 is 0 Å². The molecule has 3 heteroatoms. The van der Waals surface area contributed by atoms with Crippen LogP contribution in [0.15, 0.2) is 42.7 Å². The minimum atomic E-state index is -0.0326. The zero-order valence-corrected chi connectivity index (χ0v) is 10.5. The molecule has 0 radical (unpaired) electrons. The minimum absolute atomic E-state index is 0.0326. The van der Waals surface area contributed by atoms with Crippen LogP contribution in [0.4, 0.5) is 0 Å². The molecular formula is C14H15ClN2. The van der Waals surface area contributed by atoms with E-state index in [1.807, 2.05) is 31.2 Å². The summed E-state index contributed by atoms with van der Waals surface area (Å²) in [5.74, 6) is 0. The second kappa shape index (κ2) is 5.30. The second-order valence-corrected chi connectivity index (χ2v) is 4.66. The monoisotopic (exact) mass is 246 g/mol. The molecule has 0 spiro atoms. The van der Waals surface area contributed by atoms with Gasteiger partial charge in [0.05, 0.1) is 0 Å². The van der Waals surface area contributed by atoms with Crippen LogP contribution in [0.1, 0.15) is 22.7 Å².